The highest BCUT2D eigenvalue weighted by molar-refractivity contribution is 5.66. The Balaban J connectivity index is 2.07. The predicted octanol–water partition coefficient (Wildman–Crippen LogP) is 2.12. The number of carboxylic acids is 1. The minimum atomic E-state index is -0.766. The van der Waals surface area contributed by atoms with Gasteiger partial charge in [-0.2, -0.15) is 0 Å². The number of rotatable bonds is 3. The van der Waals surface area contributed by atoms with E-state index in [0.29, 0.717) is 13.0 Å². The topological polar surface area (TPSA) is 46.5 Å². The van der Waals surface area contributed by atoms with E-state index in [2.05, 4.69) is 0 Å². The minimum Gasteiger partial charge on any atom is -0.481 e. The molecule has 1 aliphatic rings. The zero-order valence-corrected chi connectivity index (χ0v) is 7.77. The Kier molecular flexibility index (Phi) is 2.50. The summed E-state index contributed by atoms with van der Waals surface area (Å²) in [5.74, 6) is -0.766. The summed E-state index contributed by atoms with van der Waals surface area (Å²) in [4.78, 5) is 10.4. The second-order valence-corrected chi connectivity index (χ2v) is 3.43. The zero-order chi connectivity index (χ0) is 9.97. The van der Waals surface area contributed by atoms with Crippen LogP contribution in [0.15, 0.2) is 24.3 Å². The molecule has 0 spiro atoms. The molecule has 0 saturated heterocycles. The van der Waals surface area contributed by atoms with Gasteiger partial charge in [-0.25, -0.2) is 0 Å². The Hall–Kier alpha value is -1.35. The predicted molar refractivity (Wildman–Crippen MR) is 50.8 cm³/mol. The first kappa shape index (κ1) is 9.21. The van der Waals surface area contributed by atoms with E-state index in [9.17, 15) is 4.79 Å². The van der Waals surface area contributed by atoms with Gasteiger partial charge in [0.15, 0.2) is 0 Å². The van der Waals surface area contributed by atoms with Crippen molar-refractivity contribution in [2.45, 2.75) is 25.6 Å². The molecule has 14 heavy (non-hydrogen) atoms. The second kappa shape index (κ2) is 3.80. The van der Waals surface area contributed by atoms with Crippen LogP contribution in [0, 0.1) is 0 Å². The van der Waals surface area contributed by atoms with Crippen molar-refractivity contribution >= 4 is 5.97 Å². The van der Waals surface area contributed by atoms with Crippen molar-refractivity contribution in [2.24, 2.45) is 0 Å². The number of fused-ring (bicyclic) bond motifs is 1. The summed E-state index contributed by atoms with van der Waals surface area (Å²) in [6.45, 7) is 0.612. The lowest BCUT2D eigenvalue weighted by Gasteiger charge is -2.08. The minimum absolute atomic E-state index is 0.0256. The van der Waals surface area contributed by atoms with E-state index in [4.69, 9.17) is 9.84 Å². The summed E-state index contributed by atoms with van der Waals surface area (Å²) in [5, 5.41) is 8.57. The van der Waals surface area contributed by atoms with E-state index in [1.165, 1.54) is 5.56 Å². The maximum Gasteiger partial charge on any atom is 0.303 e. The molecule has 0 amide bonds. The van der Waals surface area contributed by atoms with E-state index in [0.717, 1.165) is 5.56 Å². The first-order valence-corrected chi connectivity index (χ1v) is 4.68. The largest absolute Gasteiger partial charge is 0.481 e. The number of carboxylic acid groups (broad SMARTS) is 1. The molecule has 1 atom stereocenters. The molecule has 0 radical (unpaired) electrons. The lowest BCUT2D eigenvalue weighted by atomic mass is 10.0. The second-order valence-electron chi connectivity index (χ2n) is 3.43. The smallest absolute Gasteiger partial charge is 0.303 e. The summed E-state index contributed by atoms with van der Waals surface area (Å²) in [6, 6.07) is 7.97. The Morgan fingerprint density at radius 2 is 2.29 bits per heavy atom. The quantitative estimate of drug-likeness (QED) is 0.797. The normalized spacial score (nSPS) is 19.3. The summed E-state index contributed by atoms with van der Waals surface area (Å²) >= 11 is 0. The van der Waals surface area contributed by atoms with Gasteiger partial charge < -0.3 is 9.84 Å². The van der Waals surface area contributed by atoms with Crippen LogP contribution in [-0.4, -0.2) is 11.1 Å². The molecular formula is C11H12O3. The van der Waals surface area contributed by atoms with Gasteiger partial charge in [0, 0.05) is 6.42 Å². The van der Waals surface area contributed by atoms with Gasteiger partial charge in [0.05, 0.1) is 12.7 Å². The van der Waals surface area contributed by atoms with Crippen LogP contribution >= 0.6 is 0 Å². The van der Waals surface area contributed by atoms with Crippen LogP contribution in [0.25, 0.3) is 0 Å². The van der Waals surface area contributed by atoms with Crippen molar-refractivity contribution in [3.05, 3.63) is 35.4 Å². The lowest BCUT2D eigenvalue weighted by molar-refractivity contribution is -0.137. The fourth-order valence-corrected chi connectivity index (χ4v) is 1.75. The van der Waals surface area contributed by atoms with Gasteiger partial charge in [-0.15, -0.1) is 0 Å². The van der Waals surface area contributed by atoms with E-state index >= 15 is 0 Å². The fraction of sp³-hybridized carbons (Fsp3) is 0.364. The van der Waals surface area contributed by atoms with Crippen molar-refractivity contribution in [2.75, 3.05) is 0 Å². The van der Waals surface area contributed by atoms with E-state index in [-0.39, 0.29) is 12.5 Å². The number of hydrogen-bond donors (Lipinski definition) is 1. The Morgan fingerprint density at radius 1 is 1.50 bits per heavy atom. The molecule has 2 rings (SSSR count). The first-order valence-electron chi connectivity index (χ1n) is 4.68. The molecule has 3 heteroatoms. The van der Waals surface area contributed by atoms with Crippen LogP contribution in [0.2, 0.25) is 0 Å². The lowest BCUT2D eigenvalue weighted by Crippen LogP contribution is -2.01. The number of hydrogen-bond acceptors (Lipinski definition) is 2. The highest BCUT2D eigenvalue weighted by atomic mass is 16.5. The third-order valence-corrected chi connectivity index (χ3v) is 2.46. The molecule has 3 nitrogen and oxygen atoms in total. The van der Waals surface area contributed by atoms with E-state index in [1.807, 2.05) is 24.3 Å². The van der Waals surface area contributed by atoms with Crippen LogP contribution in [0.5, 0.6) is 0 Å². The standard InChI is InChI=1S/C11H12O3/c12-11(13)6-5-10-9-4-2-1-3-8(9)7-14-10/h1-4,10H,5-7H2,(H,12,13). The molecular weight excluding hydrogens is 180 g/mol. The Bertz CT molecular complexity index is 346. The third-order valence-electron chi connectivity index (χ3n) is 2.46. The monoisotopic (exact) mass is 192 g/mol. The molecule has 1 heterocycles. The maximum absolute atomic E-state index is 10.4. The van der Waals surface area contributed by atoms with Gasteiger partial charge in [-0.05, 0) is 17.5 Å². The third kappa shape index (κ3) is 1.77. The number of ether oxygens (including phenoxy) is 1. The molecule has 0 aromatic heterocycles. The van der Waals surface area contributed by atoms with Crippen LogP contribution in [-0.2, 0) is 16.1 Å². The Labute approximate surface area is 82.3 Å². The maximum atomic E-state index is 10.4. The van der Waals surface area contributed by atoms with Crippen LogP contribution in [0.4, 0.5) is 0 Å². The number of benzene rings is 1. The molecule has 0 fully saturated rings. The molecule has 1 aliphatic heterocycles. The first-order chi connectivity index (χ1) is 6.77. The van der Waals surface area contributed by atoms with Crippen molar-refractivity contribution in [1.29, 1.82) is 0 Å². The molecule has 0 saturated carbocycles. The zero-order valence-electron chi connectivity index (χ0n) is 7.77. The number of carbonyl (C=O) groups is 1. The van der Waals surface area contributed by atoms with Gasteiger partial charge in [0.1, 0.15) is 0 Å². The van der Waals surface area contributed by atoms with Gasteiger partial charge >= 0.3 is 5.97 Å². The van der Waals surface area contributed by atoms with Crippen LogP contribution in [0.3, 0.4) is 0 Å². The molecule has 1 N–H and O–H groups in total. The molecule has 1 unspecified atom stereocenters. The van der Waals surface area contributed by atoms with Gasteiger partial charge in [0.2, 0.25) is 0 Å². The van der Waals surface area contributed by atoms with Crippen molar-refractivity contribution in [3.63, 3.8) is 0 Å². The Morgan fingerprint density at radius 3 is 3.07 bits per heavy atom. The molecule has 74 valence electrons. The highest BCUT2D eigenvalue weighted by Crippen LogP contribution is 2.33. The van der Waals surface area contributed by atoms with Gasteiger partial charge in [-0.3, -0.25) is 4.79 Å². The van der Waals surface area contributed by atoms with Crippen molar-refractivity contribution in [1.82, 2.24) is 0 Å². The number of aliphatic carboxylic acids is 1. The average molecular weight is 192 g/mol. The van der Waals surface area contributed by atoms with E-state index in [1.54, 1.807) is 0 Å². The summed E-state index contributed by atoms with van der Waals surface area (Å²) < 4.78 is 5.51. The van der Waals surface area contributed by atoms with Gasteiger partial charge in [0.25, 0.3) is 0 Å². The van der Waals surface area contributed by atoms with Crippen LogP contribution in [0.1, 0.15) is 30.1 Å². The van der Waals surface area contributed by atoms with Gasteiger partial charge in [-0.1, -0.05) is 24.3 Å². The molecule has 1 aromatic carbocycles. The van der Waals surface area contributed by atoms with Crippen molar-refractivity contribution < 1.29 is 14.6 Å². The van der Waals surface area contributed by atoms with Crippen molar-refractivity contribution in [3.8, 4) is 0 Å². The summed E-state index contributed by atoms with van der Waals surface area (Å²) in [6.07, 6.45) is 0.702. The molecule has 0 aliphatic carbocycles. The molecule has 0 bridgehead atoms. The highest BCUT2D eigenvalue weighted by Gasteiger charge is 2.22. The fourth-order valence-electron chi connectivity index (χ4n) is 1.75. The summed E-state index contributed by atoms with van der Waals surface area (Å²) in [5.41, 5.74) is 2.33. The van der Waals surface area contributed by atoms with Crippen LogP contribution < -0.4 is 0 Å². The average Bonchev–Trinajstić information content (AvgIpc) is 2.58. The summed E-state index contributed by atoms with van der Waals surface area (Å²) in [7, 11) is 0. The SMILES string of the molecule is O=C(O)CCC1OCc2ccccc21. The molecule has 1 aromatic rings. The van der Waals surface area contributed by atoms with E-state index < -0.39 is 5.97 Å².